The van der Waals surface area contributed by atoms with Crippen molar-refractivity contribution in [1.29, 1.82) is 0 Å². The second-order valence-corrected chi connectivity index (χ2v) is 8.06. The minimum atomic E-state index is -0.237. The highest BCUT2D eigenvalue weighted by atomic mass is 16.7. The van der Waals surface area contributed by atoms with E-state index in [4.69, 9.17) is 14.0 Å². The van der Waals surface area contributed by atoms with Crippen LogP contribution in [0.15, 0.2) is 22.7 Å². The summed E-state index contributed by atoms with van der Waals surface area (Å²) in [6.07, 6.45) is 0.931. The molecule has 26 heavy (non-hydrogen) atoms. The van der Waals surface area contributed by atoms with Crippen molar-refractivity contribution in [3.05, 3.63) is 40.8 Å². The Morgan fingerprint density at radius 1 is 1.23 bits per heavy atom. The number of ether oxygens (including phenoxy) is 2. The van der Waals surface area contributed by atoms with Gasteiger partial charge in [-0.05, 0) is 31.0 Å². The highest BCUT2D eigenvalue weighted by Crippen LogP contribution is 2.38. The number of hydrogen-bond acceptors (Lipinski definition) is 5. The molecule has 0 N–H and O–H groups in total. The zero-order chi connectivity index (χ0) is 18.5. The van der Waals surface area contributed by atoms with Crippen LogP contribution >= 0.6 is 0 Å². The number of carbonyl (C=O) groups excluding carboxylic acids is 1. The van der Waals surface area contributed by atoms with Gasteiger partial charge in [0.05, 0.1) is 0 Å². The number of nitrogens with zero attached hydrogens (tertiary/aromatic N) is 2. The molecule has 1 atom stereocenters. The van der Waals surface area contributed by atoms with Gasteiger partial charge < -0.3 is 18.9 Å². The molecule has 1 amide bonds. The van der Waals surface area contributed by atoms with E-state index in [-0.39, 0.29) is 18.1 Å². The van der Waals surface area contributed by atoms with E-state index in [1.807, 2.05) is 37.8 Å². The number of rotatable bonds is 2. The Bertz CT molecular complexity index is 850. The Morgan fingerprint density at radius 2 is 2.00 bits per heavy atom. The summed E-state index contributed by atoms with van der Waals surface area (Å²) in [7, 11) is 0. The van der Waals surface area contributed by atoms with Crippen LogP contribution in [0.2, 0.25) is 0 Å². The summed E-state index contributed by atoms with van der Waals surface area (Å²) in [6, 6.07) is 6.05. The summed E-state index contributed by atoms with van der Waals surface area (Å²) < 4.78 is 16.2. The van der Waals surface area contributed by atoms with Crippen molar-refractivity contribution in [1.82, 2.24) is 10.1 Å². The van der Waals surface area contributed by atoms with Crippen LogP contribution in [-0.4, -0.2) is 35.8 Å². The van der Waals surface area contributed by atoms with Crippen LogP contribution in [-0.2, 0) is 5.41 Å². The summed E-state index contributed by atoms with van der Waals surface area (Å²) in [6.45, 7) is 9.62. The molecule has 6 heteroatoms. The summed E-state index contributed by atoms with van der Waals surface area (Å²) >= 11 is 0. The van der Waals surface area contributed by atoms with E-state index in [1.165, 1.54) is 5.56 Å². The van der Waals surface area contributed by atoms with Crippen molar-refractivity contribution in [2.75, 3.05) is 19.9 Å². The van der Waals surface area contributed by atoms with Gasteiger partial charge in [-0.25, -0.2) is 0 Å². The lowest BCUT2D eigenvalue weighted by Crippen LogP contribution is -2.31. The van der Waals surface area contributed by atoms with E-state index in [2.05, 4.69) is 11.2 Å². The molecule has 0 aliphatic carbocycles. The first-order valence-corrected chi connectivity index (χ1v) is 9.00. The first-order valence-electron chi connectivity index (χ1n) is 9.00. The monoisotopic (exact) mass is 356 g/mol. The van der Waals surface area contributed by atoms with E-state index >= 15 is 0 Å². The molecule has 0 saturated carbocycles. The Labute approximate surface area is 153 Å². The smallest absolute Gasteiger partial charge is 0.259 e. The third-order valence-electron chi connectivity index (χ3n) is 5.13. The van der Waals surface area contributed by atoms with Gasteiger partial charge in [-0.1, -0.05) is 32.0 Å². The van der Waals surface area contributed by atoms with Crippen molar-refractivity contribution < 1.29 is 18.8 Å². The second kappa shape index (κ2) is 6.04. The summed E-state index contributed by atoms with van der Waals surface area (Å²) in [5.74, 6) is 2.47. The fraction of sp³-hybridized carbons (Fsp3) is 0.500. The van der Waals surface area contributed by atoms with Crippen LogP contribution in [0.4, 0.5) is 0 Å². The number of aryl methyl sites for hydroxylation is 1. The number of carbonyl (C=O) groups is 1. The molecule has 0 radical (unpaired) electrons. The average Bonchev–Trinajstić information content (AvgIpc) is 3.31. The largest absolute Gasteiger partial charge is 0.454 e. The van der Waals surface area contributed by atoms with Crippen molar-refractivity contribution in [2.24, 2.45) is 0 Å². The Balaban J connectivity index is 1.54. The standard InChI is InChI=1S/C20H24N2O4/c1-12-17(18(21-26-12)20(2,3)4)19(23)22-8-7-14(10-22)13-5-6-15-16(9-13)25-11-24-15/h5-6,9,14H,7-8,10-11H2,1-4H3. The van der Waals surface area contributed by atoms with E-state index in [9.17, 15) is 4.79 Å². The predicted molar refractivity (Wildman–Crippen MR) is 95.8 cm³/mol. The molecule has 1 unspecified atom stereocenters. The third-order valence-corrected chi connectivity index (χ3v) is 5.13. The van der Waals surface area contributed by atoms with Crippen LogP contribution in [0, 0.1) is 6.92 Å². The van der Waals surface area contributed by atoms with Gasteiger partial charge in [-0.3, -0.25) is 4.79 Å². The molecule has 2 aromatic rings. The van der Waals surface area contributed by atoms with Crippen LogP contribution in [0.1, 0.15) is 60.5 Å². The van der Waals surface area contributed by atoms with E-state index < -0.39 is 0 Å². The summed E-state index contributed by atoms with van der Waals surface area (Å²) in [4.78, 5) is 15.0. The van der Waals surface area contributed by atoms with Crippen LogP contribution in [0.5, 0.6) is 11.5 Å². The lowest BCUT2D eigenvalue weighted by Gasteiger charge is -2.20. The lowest BCUT2D eigenvalue weighted by atomic mass is 9.88. The quantitative estimate of drug-likeness (QED) is 0.822. The Morgan fingerprint density at radius 3 is 2.77 bits per heavy atom. The summed E-state index contributed by atoms with van der Waals surface area (Å²) in [5, 5.41) is 4.14. The SMILES string of the molecule is Cc1onc(C(C)(C)C)c1C(=O)N1CCC(c2ccc3c(c2)OCO3)C1. The number of hydrogen-bond donors (Lipinski definition) is 0. The van der Waals surface area contributed by atoms with Crippen molar-refractivity contribution >= 4 is 5.91 Å². The Kier molecular flexibility index (Phi) is 3.93. The number of fused-ring (bicyclic) bond motifs is 1. The first-order chi connectivity index (χ1) is 12.3. The highest BCUT2D eigenvalue weighted by Gasteiger charge is 2.35. The molecule has 6 nitrogen and oxygen atoms in total. The molecule has 1 aromatic carbocycles. The normalized spacial score (nSPS) is 19.2. The zero-order valence-electron chi connectivity index (χ0n) is 15.7. The van der Waals surface area contributed by atoms with Gasteiger partial charge in [0.25, 0.3) is 5.91 Å². The fourth-order valence-electron chi connectivity index (χ4n) is 3.68. The Hall–Kier alpha value is -2.50. The minimum absolute atomic E-state index is 0.0110. The van der Waals surface area contributed by atoms with E-state index in [0.717, 1.165) is 30.2 Å². The maximum atomic E-state index is 13.1. The fourth-order valence-corrected chi connectivity index (χ4v) is 3.68. The maximum Gasteiger partial charge on any atom is 0.259 e. The number of benzene rings is 1. The molecule has 4 rings (SSSR count). The molecular formula is C20H24N2O4. The molecule has 138 valence electrons. The number of aromatic nitrogens is 1. The molecule has 1 aromatic heterocycles. The molecular weight excluding hydrogens is 332 g/mol. The minimum Gasteiger partial charge on any atom is -0.454 e. The van der Waals surface area contributed by atoms with Gasteiger partial charge >= 0.3 is 0 Å². The molecule has 1 fully saturated rings. The van der Waals surface area contributed by atoms with Crippen molar-refractivity contribution in [3.63, 3.8) is 0 Å². The number of likely N-dealkylation sites (tertiary alicyclic amines) is 1. The molecule has 0 bridgehead atoms. The predicted octanol–water partition coefficient (Wildman–Crippen LogP) is 3.64. The molecule has 3 heterocycles. The van der Waals surface area contributed by atoms with Crippen molar-refractivity contribution in [2.45, 2.75) is 45.4 Å². The summed E-state index contributed by atoms with van der Waals surface area (Å²) in [5.41, 5.74) is 2.29. The molecule has 1 saturated heterocycles. The number of amides is 1. The van der Waals surface area contributed by atoms with Gasteiger partial charge in [0.2, 0.25) is 6.79 Å². The van der Waals surface area contributed by atoms with Gasteiger partial charge in [0.1, 0.15) is 17.0 Å². The lowest BCUT2D eigenvalue weighted by molar-refractivity contribution is 0.0787. The molecule has 2 aliphatic rings. The van der Waals surface area contributed by atoms with Gasteiger partial charge in [0.15, 0.2) is 11.5 Å². The topological polar surface area (TPSA) is 64.8 Å². The highest BCUT2D eigenvalue weighted by molar-refractivity contribution is 5.96. The van der Waals surface area contributed by atoms with Gasteiger partial charge in [0, 0.05) is 24.4 Å². The van der Waals surface area contributed by atoms with Gasteiger partial charge in [-0.2, -0.15) is 0 Å². The first kappa shape index (κ1) is 16.9. The van der Waals surface area contributed by atoms with Crippen LogP contribution in [0.3, 0.4) is 0 Å². The molecule has 2 aliphatic heterocycles. The van der Waals surface area contributed by atoms with Crippen LogP contribution < -0.4 is 9.47 Å². The molecule has 0 spiro atoms. The maximum absolute atomic E-state index is 13.1. The van der Waals surface area contributed by atoms with E-state index in [1.54, 1.807) is 6.92 Å². The average molecular weight is 356 g/mol. The third kappa shape index (κ3) is 2.83. The van der Waals surface area contributed by atoms with Gasteiger partial charge in [-0.15, -0.1) is 0 Å². The van der Waals surface area contributed by atoms with Crippen LogP contribution in [0.25, 0.3) is 0 Å². The van der Waals surface area contributed by atoms with E-state index in [0.29, 0.717) is 23.8 Å². The zero-order valence-corrected chi connectivity index (χ0v) is 15.7. The van der Waals surface area contributed by atoms with Crippen molar-refractivity contribution in [3.8, 4) is 11.5 Å². The second-order valence-electron chi connectivity index (χ2n) is 8.06.